The molecule has 3 aromatic rings. The Kier molecular flexibility index (Phi) is 10.5. The lowest BCUT2D eigenvalue weighted by molar-refractivity contribution is 0.0523. The lowest BCUT2D eigenvalue weighted by Gasteiger charge is -2.37. The van der Waals surface area contributed by atoms with Crippen LogP contribution < -0.4 is 16.6 Å². The van der Waals surface area contributed by atoms with Gasteiger partial charge < -0.3 is 25.3 Å². The molecule has 0 bridgehead atoms. The summed E-state index contributed by atoms with van der Waals surface area (Å²) < 4.78 is 7.04. The molecule has 1 saturated heterocycles. The number of amides is 1. The summed E-state index contributed by atoms with van der Waals surface area (Å²) in [6.45, 7) is 14.7. The number of benzene rings is 1. The molecule has 3 N–H and O–H groups in total. The highest BCUT2D eigenvalue weighted by Gasteiger charge is 2.31. The molecular formula is C28H40N4O4S. The summed E-state index contributed by atoms with van der Waals surface area (Å²) in [7, 11) is 0. The molecule has 0 aliphatic carbocycles. The first-order valence-electron chi connectivity index (χ1n) is 12.6. The monoisotopic (exact) mass is 528 g/mol. The zero-order valence-electron chi connectivity index (χ0n) is 22.9. The Morgan fingerprint density at radius 2 is 1.65 bits per heavy atom. The van der Waals surface area contributed by atoms with E-state index in [0.29, 0.717) is 38.4 Å². The number of carbonyl (C=O) groups is 2. The summed E-state index contributed by atoms with van der Waals surface area (Å²) in [5.41, 5.74) is 0.977. The van der Waals surface area contributed by atoms with Crippen LogP contribution in [0, 0.1) is 5.41 Å². The van der Waals surface area contributed by atoms with E-state index in [1.165, 1.54) is 11.3 Å². The number of carbonyl (C=O) groups excluding carboxylic acids is 2. The van der Waals surface area contributed by atoms with Crippen LogP contribution in [-0.4, -0.2) is 54.1 Å². The number of para-hydroxylation sites is 1. The molecule has 4 rings (SSSR count). The number of nitrogens with zero attached hydrogens (tertiary/aromatic N) is 3. The van der Waals surface area contributed by atoms with E-state index in [4.69, 9.17) is 4.74 Å². The van der Waals surface area contributed by atoms with Crippen LogP contribution in [0.3, 0.4) is 0 Å². The fourth-order valence-electron chi connectivity index (χ4n) is 4.43. The van der Waals surface area contributed by atoms with Gasteiger partial charge in [0.15, 0.2) is 0 Å². The standard InChI is InChI=1S/C26H31N3O4S.C2H6.H3N/c1-5-33-25(32)21-22(27-12-14-28(15-13-27)23(30)20-11-8-16-34-20)18-9-6-7-10-19(18)29(24(21)31)17-26(2,3)4;1-2;/h6-11,16H,5,12-15,17H2,1-4H3;1-2H3;1H3. The van der Waals surface area contributed by atoms with E-state index in [2.05, 4.69) is 25.7 Å². The number of thiophene rings is 1. The van der Waals surface area contributed by atoms with Crippen LogP contribution in [-0.2, 0) is 11.3 Å². The van der Waals surface area contributed by atoms with Crippen LogP contribution in [0.1, 0.15) is 61.6 Å². The van der Waals surface area contributed by atoms with Gasteiger partial charge in [-0.15, -0.1) is 11.3 Å². The van der Waals surface area contributed by atoms with Crippen molar-refractivity contribution in [1.29, 1.82) is 0 Å². The highest BCUT2D eigenvalue weighted by molar-refractivity contribution is 7.12. The molecule has 3 heterocycles. The number of aromatic nitrogens is 1. The van der Waals surface area contributed by atoms with Gasteiger partial charge in [-0.05, 0) is 29.9 Å². The average Bonchev–Trinajstić information content (AvgIpc) is 3.41. The molecule has 2 aromatic heterocycles. The Bertz CT molecular complexity index is 1250. The van der Waals surface area contributed by atoms with Gasteiger partial charge in [-0.25, -0.2) is 4.79 Å². The third kappa shape index (κ3) is 6.59. The summed E-state index contributed by atoms with van der Waals surface area (Å²) in [4.78, 5) is 44.2. The molecule has 1 fully saturated rings. The van der Waals surface area contributed by atoms with Crippen molar-refractivity contribution in [2.45, 2.75) is 48.1 Å². The molecule has 0 unspecified atom stereocenters. The molecule has 202 valence electrons. The van der Waals surface area contributed by atoms with Crippen LogP contribution in [0.25, 0.3) is 10.9 Å². The van der Waals surface area contributed by atoms with Crippen molar-refractivity contribution in [2.75, 3.05) is 37.7 Å². The van der Waals surface area contributed by atoms with Gasteiger partial charge in [-0.2, -0.15) is 0 Å². The maximum Gasteiger partial charge on any atom is 0.345 e. The average molecular weight is 529 g/mol. The molecule has 1 aliphatic rings. The summed E-state index contributed by atoms with van der Waals surface area (Å²) in [5, 5.41) is 2.74. The van der Waals surface area contributed by atoms with Gasteiger partial charge >= 0.3 is 5.97 Å². The molecule has 37 heavy (non-hydrogen) atoms. The molecule has 0 atom stereocenters. The molecule has 1 amide bonds. The molecular weight excluding hydrogens is 488 g/mol. The van der Waals surface area contributed by atoms with Gasteiger partial charge in [0, 0.05) is 38.1 Å². The van der Waals surface area contributed by atoms with Crippen molar-refractivity contribution in [2.24, 2.45) is 5.41 Å². The summed E-state index contributed by atoms with van der Waals surface area (Å²) in [6, 6.07) is 11.4. The van der Waals surface area contributed by atoms with Crippen molar-refractivity contribution in [3.63, 3.8) is 0 Å². The summed E-state index contributed by atoms with van der Waals surface area (Å²) >= 11 is 1.43. The van der Waals surface area contributed by atoms with Gasteiger partial charge in [0.2, 0.25) is 0 Å². The normalized spacial score (nSPS) is 13.5. The highest BCUT2D eigenvalue weighted by atomic mass is 32.1. The molecule has 1 aromatic carbocycles. The molecule has 0 radical (unpaired) electrons. The maximum atomic E-state index is 13.7. The SMILES string of the molecule is CC.CCOC(=O)c1c(N2CCN(C(=O)c3cccs3)CC2)c2ccccc2n(CC(C)(C)C)c1=O.N. The van der Waals surface area contributed by atoms with E-state index in [1.54, 1.807) is 11.5 Å². The first-order chi connectivity index (χ1) is 17.2. The molecule has 0 saturated carbocycles. The number of piperazine rings is 1. The lowest BCUT2D eigenvalue weighted by Crippen LogP contribution is -2.49. The van der Waals surface area contributed by atoms with E-state index in [0.717, 1.165) is 15.8 Å². The van der Waals surface area contributed by atoms with Crippen molar-refractivity contribution < 1.29 is 14.3 Å². The second-order valence-electron chi connectivity index (χ2n) is 9.67. The smallest absolute Gasteiger partial charge is 0.345 e. The van der Waals surface area contributed by atoms with Gasteiger partial charge in [0.25, 0.3) is 11.5 Å². The summed E-state index contributed by atoms with van der Waals surface area (Å²) in [6.07, 6.45) is 0. The number of ether oxygens (including phenoxy) is 1. The zero-order valence-corrected chi connectivity index (χ0v) is 23.7. The zero-order chi connectivity index (χ0) is 26.5. The molecule has 8 nitrogen and oxygen atoms in total. The van der Waals surface area contributed by atoms with Crippen LogP contribution in [0.15, 0.2) is 46.6 Å². The van der Waals surface area contributed by atoms with E-state index >= 15 is 0 Å². The van der Waals surface area contributed by atoms with E-state index < -0.39 is 5.97 Å². The Morgan fingerprint density at radius 3 is 2.22 bits per heavy atom. The number of anilines is 1. The quantitative estimate of drug-likeness (QED) is 0.442. The third-order valence-electron chi connectivity index (χ3n) is 5.87. The number of fused-ring (bicyclic) bond motifs is 1. The highest BCUT2D eigenvalue weighted by Crippen LogP contribution is 2.32. The fraction of sp³-hybridized carbons (Fsp3) is 0.464. The van der Waals surface area contributed by atoms with Gasteiger partial charge in [0.1, 0.15) is 5.56 Å². The lowest BCUT2D eigenvalue weighted by atomic mass is 9.96. The minimum Gasteiger partial charge on any atom is -0.462 e. The number of rotatable bonds is 5. The predicted molar refractivity (Wildman–Crippen MR) is 152 cm³/mol. The first kappa shape index (κ1) is 30.1. The fourth-order valence-corrected chi connectivity index (χ4v) is 5.12. The topological polar surface area (TPSA) is 107 Å². The Morgan fingerprint density at radius 1 is 1.00 bits per heavy atom. The van der Waals surface area contributed by atoms with Crippen molar-refractivity contribution >= 4 is 39.8 Å². The minimum atomic E-state index is -0.604. The van der Waals surface area contributed by atoms with Crippen LogP contribution in [0.4, 0.5) is 5.69 Å². The number of hydrogen-bond acceptors (Lipinski definition) is 7. The van der Waals surface area contributed by atoms with Crippen LogP contribution in [0.2, 0.25) is 0 Å². The van der Waals surface area contributed by atoms with E-state index in [-0.39, 0.29) is 35.2 Å². The maximum absolute atomic E-state index is 13.7. The van der Waals surface area contributed by atoms with Crippen molar-refractivity contribution in [3.05, 3.63) is 62.6 Å². The van der Waals surface area contributed by atoms with Crippen LogP contribution in [0.5, 0.6) is 0 Å². The van der Waals surface area contributed by atoms with Crippen LogP contribution >= 0.6 is 11.3 Å². The number of pyridine rings is 1. The minimum absolute atomic E-state index is 0. The molecule has 1 aliphatic heterocycles. The van der Waals surface area contributed by atoms with Gasteiger partial charge in [-0.1, -0.05) is 58.9 Å². The largest absolute Gasteiger partial charge is 0.462 e. The Balaban J connectivity index is 0.00000157. The molecule has 9 heteroatoms. The third-order valence-corrected chi connectivity index (χ3v) is 6.73. The Hall–Kier alpha value is -3.17. The number of hydrogen-bond donors (Lipinski definition) is 1. The number of esters is 1. The van der Waals surface area contributed by atoms with E-state index in [1.807, 2.05) is 60.5 Å². The van der Waals surface area contributed by atoms with Gasteiger partial charge in [-0.3, -0.25) is 9.59 Å². The second-order valence-corrected chi connectivity index (χ2v) is 10.6. The van der Waals surface area contributed by atoms with Crippen molar-refractivity contribution in [3.8, 4) is 0 Å². The van der Waals surface area contributed by atoms with Crippen molar-refractivity contribution in [1.82, 2.24) is 15.6 Å². The first-order valence-corrected chi connectivity index (χ1v) is 13.5. The van der Waals surface area contributed by atoms with E-state index in [9.17, 15) is 14.4 Å². The predicted octanol–water partition coefficient (Wildman–Crippen LogP) is 5.44. The summed E-state index contributed by atoms with van der Waals surface area (Å²) in [5.74, 6) is -0.585. The van der Waals surface area contributed by atoms with Gasteiger partial charge in [0.05, 0.1) is 22.7 Å². The Labute approximate surface area is 223 Å². The molecule has 0 spiro atoms. The second kappa shape index (κ2) is 12.9.